The Morgan fingerprint density at radius 2 is 2.11 bits per heavy atom. The van der Waals surface area contributed by atoms with Crippen molar-refractivity contribution in [2.24, 2.45) is 0 Å². The Labute approximate surface area is 157 Å². The van der Waals surface area contributed by atoms with Gasteiger partial charge in [-0.15, -0.1) is 0 Å². The van der Waals surface area contributed by atoms with E-state index in [0.29, 0.717) is 25.3 Å². The van der Waals surface area contributed by atoms with Crippen molar-refractivity contribution in [2.75, 3.05) is 25.2 Å². The smallest absolute Gasteiger partial charge is 0.414 e. The largest absolute Gasteiger partial charge is 0.497 e. The van der Waals surface area contributed by atoms with Crippen LogP contribution in [0.3, 0.4) is 0 Å². The average molecular weight is 361 g/mol. The zero-order valence-electron chi connectivity index (χ0n) is 15.2. The number of ether oxygens (including phenoxy) is 2. The van der Waals surface area contributed by atoms with Gasteiger partial charge in [0.1, 0.15) is 18.4 Å². The van der Waals surface area contributed by atoms with E-state index in [2.05, 4.69) is 10.6 Å². The monoisotopic (exact) mass is 361 g/mol. The van der Waals surface area contributed by atoms with Crippen molar-refractivity contribution in [3.8, 4) is 23.1 Å². The van der Waals surface area contributed by atoms with Crippen molar-refractivity contribution in [3.63, 3.8) is 0 Å². The lowest BCUT2D eigenvalue weighted by atomic mass is 10.0. The average Bonchev–Trinajstić information content (AvgIpc) is 3.27. The highest BCUT2D eigenvalue weighted by Gasteiger charge is 2.25. The van der Waals surface area contributed by atoms with E-state index < -0.39 is 0 Å². The van der Waals surface area contributed by atoms with Crippen LogP contribution in [-0.2, 0) is 11.3 Å². The van der Waals surface area contributed by atoms with Gasteiger partial charge in [0.2, 0.25) is 0 Å². The van der Waals surface area contributed by atoms with Gasteiger partial charge in [0.15, 0.2) is 0 Å². The standard InChI is InChI=1S/C21H19N3O3/c1-3-23-19-12-16(26-2)7-8-17(19)18(13-22)20(23)14-5-4-6-15(11-14)24-9-10-27-21(24)25/h4-8,11-12H,3,9-10H2,1-2H3. The van der Waals surface area contributed by atoms with E-state index in [1.165, 1.54) is 0 Å². The van der Waals surface area contributed by atoms with Crippen LogP contribution >= 0.6 is 0 Å². The minimum absolute atomic E-state index is 0.339. The summed E-state index contributed by atoms with van der Waals surface area (Å²) in [5.41, 5.74) is 4.08. The van der Waals surface area contributed by atoms with Crippen LogP contribution in [0.1, 0.15) is 12.5 Å². The van der Waals surface area contributed by atoms with Crippen molar-refractivity contribution >= 4 is 22.7 Å². The highest BCUT2D eigenvalue weighted by molar-refractivity contribution is 5.96. The van der Waals surface area contributed by atoms with Gasteiger partial charge < -0.3 is 14.0 Å². The van der Waals surface area contributed by atoms with Crippen LogP contribution in [0.2, 0.25) is 0 Å². The van der Waals surface area contributed by atoms with Gasteiger partial charge in [-0.2, -0.15) is 5.26 Å². The van der Waals surface area contributed by atoms with Crippen LogP contribution in [0.15, 0.2) is 42.5 Å². The molecule has 0 spiro atoms. The third-order valence-corrected chi connectivity index (χ3v) is 4.89. The predicted octanol–water partition coefficient (Wildman–Crippen LogP) is 4.17. The lowest BCUT2D eigenvalue weighted by molar-refractivity contribution is 0.181. The Morgan fingerprint density at radius 3 is 2.78 bits per heavy atom. The second-order valence-corrected chi connectivity index (χ2v) is 6.28. The molecule has 0 bridgehead atoms. The van der Waals surface area contributed by atoms with Crippen LogP contribution in [0, 0.1) is 11.3 Å². The summed E-state index contributed by atoms with van der Waals surface area (Å²) in [4.78, 5) is 13.5. The van der Waals surface area contributed by atoms with Gasteiger partial charge in [0, 0.05) is 29.2 Å². The second kappa shape index (κ2) is 6.69. The number of hydrogen-bond acceptors (Lipinski definition) is 4. The number of anilines is 1. The Hall–Kier alpha value is -3.46. The Balaban J connectivity index is 1.93. The third-order valence-electron chi connectivity index (χ3n) is 4.89. The Kier molecular flexibility index (Phi) is 4.21. The van der Waals surface area contributed by atoms with Crippen LogP contribution in [0.4, 0.5) is 10.5 Å². The first-order valence-electron chi connectivity index (χ1n) is 8.83. The van der Waals surface area contributed by atoms with Crippen molar-refractivity contribution in [1.82, 2.24) is 4.57 Å². The lowest BCUT2D eigenvalue weighted by Crippen LogP contribution is -2.23. The fourth-order valence-electron chi connectivity index (χ4n) is 3.65. The molecule has 1 aromatic heterocycles. The van der Waals surface area contributed by atoms with Crippen molar-refractivity contribution in [2.45, 2.75) is 13.5 Å². The maximum Gasteiger partial charge on any atom is 0.414 e. The van der Waals surface area contributed by atoms with Crippen LogP contribution < -0.4 is 9.64 Å². The van der Waals surface area contributed by atoms with E-state index >= 15 is 0 Å². The van der Waals surface area contributed by atoms with Crippen molar-refractivity contribution in [1.29, 1.82) is 5.26 Å². The summed E-state index contributed by atoms with van der Waals surface area (Å²) >= 11 is 0. The maximum atomic E-state index is 11.9. The van der Waals surface area contributed by atoms with Gasteiger partial charge in [-0.25, -0.2) is 4.79 Å². The highest BCUT2D eigenvalue weighted by atomic mass is 16.6. The van der Waals surface area contributed by atoms with E-state index in [0.717, 1.165) is 33.6 Å². The fourth-order valence-corrected chi connectivity index (χ4v) is 3.65. The second-order valence-electron chi connectivity index (χ2n) is 6.28. The number of methoxy groups -OCH3 is 1. The molecule has 136 valence electrons. The number of carbonyl (C=O) groups excluding carboxylic acids is 1. The van der Waals surface area contributed by atoms with E-state index in [1.807, 2.05) is 49.4 Å². The van der Waals surface area contributed by atoms with E-state index in [1.54, 1.807) is 12.0 Å². The molecule has 0 N–H and O–H groups in total. The van der Waals surface area contributed by atoms with E-state index in [-0.39, 0.29) is 6.09 Å². The maximum absolute atomic E-state index is 11.9. The summed E-state index contributed by atoms with van der Waals surface area (Å²) in [6.45, 7) is 3.67. The normalized spacial score (nSPS) is 13.7. The van der Waals surface area contributed by atoms with Crippen LogP contribution in [0.25, 0.3) is 22.2 Å². The molecule has 1 saturated heterocycles. The minimum atomic E-state index is -0.339. The number of aromatic nitrogens is 1. The molecule has 27 heavy (non-hydrogen) atoms. The molecule has 6 nitrogen and oxygen atoms in total. The third kappa shape index (κ3) is 2.68. The molecular formula is C21H19N3O3. The number of amides is 1. The van der Waals surface area contributed by atoms with E-state index in [4.69, 9.17) is 9.47 Å². The Morgan fingerprint density at radius 1 is 1.26 bits per heavy atom. The predicted molar refractivity (Wildman–Crippen MR) is 103 cm³/mol. The van der Waals surface area contributed by atoms with Gasteiger partial charge >= 0.3 is 6.09 Å². The summed E-state index contributed by atoms with van der Waals surface area (Å²) in [7, 11) is 1.63. The molecular weight excluding hydrogens is 342 g/mol. The molecule has 3 aromatic rings. The Bertz CT molecular complexity index is 1080. The number of aryl methyl sites for hydroxylation is 1. The van der Waals surface area contributed by atoms with E-state index in [9.17, 15) is 10.1 Å². The molecule has 4 rings (SSSR count). The van der Waals surface area contributed by atoms with Gasteiger partial charge in [0.25, 0.3) is 0 Å². The minimum Gasteiger partial charge on any atom is -0.497 e. The number of benzene rings is 2. The van der Waals surface area contributed by atoms with Crippen LogP contribution in [0.5, 0.6) is 5.75 Å². The fraction of sp³-hybridized carbons (Fsp3) is 0.238. The van der Waals surface area contributed by atoms with Gasteiger partial charge in [-0.1, -0.05) is 12.1 Å². The number of nitriles is 1. The van der Waals surface area contributed by atoms with Gasteiger partial charge in [0.05, 0.1) is 30.4 Å². The molecule has 1 aliphatic rings. The van der Waals surface area contributed by atoms with Gasteiger partial charge in [-0.3, -0.25) is 4.90 Å². The highest BCUT2D eigenvalue weighted by Crippen LogP contribution is 2.36. The molecule has 1 aliphatic heterocycles. The number of carbonyl (C=O) groups is 1. The number of fused-ring (bicyclic) bond motifs is 1. The van der Waals surface area contributed by atoms with Crippen molar-refractivity contribution < 1.29 is 14.3 Å². The molecule has 1 amide bonds. The molecule has 0 saturated carbocycles. The summed E-state index contributed by atoms with van der Waals surface area (Å²) < 4.78 is 12.5. The molecule has 2 aromatic carbocycles. The summed E-state index contributed by atoms with van der Waals surface area (Å²) in [6.07, 6.45) is -0.339. The number of cyclic esters (lactones) is 1. The molecule has 0 unspecified atom stereocenters. The molecule has 6 heteroatoms. The SMILES string of the molecule is CCn1c(-c2cccc(N3CCOC3=O)c2)c(C#N)c2ccc(OC)cc21. The number of nitrogens with zero attached hydrogens (tertiary/aromatic N) is 3. The summed E-state index contributed by atoms with van der Waals surface area (Å²) in [5, 5.41) is 10.7. The first kappa shape index (κ1) is 17.0. The topological polar surface area (TPSA) is 67.5 Å². The zero-order valence-corrected chi connectivity index (χ0v) is 15.2. The first-order valence-corrected chi connectivity index (χ1v) is 8.83. The summed E-state index contributed by atoms with van der Waals surface area (Å²) in [6, 6.07) is 15.8. The molecule has 0 aliphatic carbocycles. The molecule has 2 heterocycles. The van der Waals surface area contributed by atoms with Gasteiger partial charge in [-0.05, 0) is 31.2 Å². The lowest BCUT2D eigenvalue weighted by Gasteiger charge is -2.15. The van der Waals surface area contributed by atoms with Crippen molar-refractivity contribution in [3.05, 3.63) is 48.0 Å². The zero-order chi connectivity index (χ0) is 19.0. The molecule has 0 radical (unpaired) electrons. The molecule has 0 atom stereocenters. The quantitative estimate of drug-likeness (QED) is 0.700. The number of rotatable bonds is 4. The summed E-state index contributed by atoms with van der Waals surface area (Å²) in [5.74, 6) is 0.749. The van der Waals surface area contributed by atoms with Crippen LogP contribution in [-0.4, -0.2) is 30.9 Å². The first-order chi connectivity index (χ1) is 13.2. The number of hydrogen-bond donors (Lipinski definition) is 0. The molecule has 1 fully saturated rings.